The molecule has 2 aliphatic rings. The van der Waals surface area contributed by atoms with E-state index in [0.29, 0.717) is 18.6 Å². The Balaban J connectivity index is 1.43. The first-order valence-corrected chi connectivity index (χ1v) is 13.7. The number of piperidine rings is 1. The Morgan fingerprint density at radius 2 is 2.00 bits per heavy atom. The average Bonchev–Trinajstić information content (AvgIpc) is 2.90. The number of carbonyl (C=O) groups is 1. The van der Waals surface area contributed by atoms with E-state index in [-0.39, 0.29) is 18.4 Å². The molecule has 2 fully saturated rings. The summed E-state index contributed by atoms with van der Waals surface area (Å²) >= 11 is 0. The zero-order chi connectivity index (χ0) is 25.5. The lowest BCUT2D eigenvalue weighted by atomic mass is 9.71. The quantitative estimate of drug-likeness (QED) is 0.399. The van der Waals surface area contributed by atoms with Crippen LogP contribution >= 0.6 is 0 Å². The standard InChI is InChI=1S/C29H43N3O4/c1-36-23-7-8-25-24(17-23)28(22(19-30)20-31-25)26(33)9-11-29(18-27(34)35)12-15-32(16-13-29)14-10-21-5-3-2-4-6-21/h7-8,17,20-21,26,33H,2-6,9-16,18-19,30H2,1H3,(H,34,35). The Morgan fingerprint density at radius 3 is 2.67 bits per heavy atom. The Hall–Kier alpha value is -2.22. The number of fused-ring (bicyclic) bond motifs is 1. The van der Waals surface area contributed by atoms with E-state index in [1.165, 1.54) is 38.5 Å². The van der Waals surface area contributed by atoms with Crippen LogP contribution in [0.25, 0.3) is 10.9 Å². The summed E-state index contributed by atoms with van der Waals surface area (Å²) in [5, 5.41) is 21.9. The van der Waals surface area contributed by atoms with Gasteiger partial charge in [-0.2, -0.15) is 0 Å². The molecule has 2 heterocycles. The van der Waals surface area contributed by atoms with Gasteiger partial charge in [-0.05, 0) is 92.4 Å². The normalized spacial score (nSPS) is 19.9. The lowest BCUT2D eigenvalue weighted by Gasteiger charge is -2.42. The zero-order valence-electron chi connectivity index (χ0n) is 21.8. The molecule has 2 aromatic rings. The van der Waals surface area contributed by atoms with Crippen molar-refractivity contribution in [2.24, 2.45) is 17.1 Å². The number of aliphatic hydroxyl groups is 1. The Labute approximate surface area is 215 Å². The second kappa shape index (κ2) is 12.3. The number of benzene rings is 1. The van der Waals surface area contributed by atoms with Crippen molar-refractivity contribution in [2.75, 3.05) is 26.7 Å². The molecule has 1 unspecified atom stereocenters. The summed E-state index contributed by atoms with van der Waals surface area (Å²) < 4.78 is 5.40. The van der Waals surface area contributed by atoms with Crippen LogP contribution in [0.4, 0.5) is 0 Å². The minimum Gasteiger partial charge on any atom is -0.497 e. The van der Waals surface area contributed by atoms with Gasteiger partial charge in [-0.25, -0.2) is 0 Å². The molecule has 0 bridgehead atoms. The molecule has 0 radical (unpaired) electrons. The molecule has 4 rings (SSSR count). The van der Waals surface area contributed by atoms with Crippen LogP contribution in [0.2, 0.25) is 0 Å². The van der Waals surface area contributed by atoms with Gasteiger partial charge in [-0.3, -0.25) is 9.78 Å². The zero-order valence-corrected chi connectivity index (χ0v) is 21.8. The predicted octanol–water partition coefficient (Wildman–Crippen LogP) is 5.04. The van der Waals surface area contributed by atoms with Gasteiger partial charge < -0.3 is 25.6 Å². The molecule has 1 aromatic carbocycles. The number of ether oxygens (including phenoxy) is 1. The van der Waals surface area contributed by atoms with E-state index in [9.17, 15) is 15.0 Å². The molecule has 7 nitrogen and oxygen atoms in total. The molecule has 1 aromatic heterocycles. The number of aliphatic carboxylic acids is 1. The number of rotatable bonds is 11. The molecule has 0 spiro atoms. The number of methoxy groups -OCH3 is 1. The molecule has 36 heavy (non-hydrogen) atoms. The van der Waals surface area contributed by atoms with Gasteiger partial charge in [-0.15, -0.1) is 0 Å². The summed E-state index contributed by atoms with van der Waals surface area (Å²) in [5.74, 6) is 0.821. The van der Waals surface area contributed by atoms with E-state index < -0.39 is 12.1 Å². The molecular weight excluding hydrogens is 454 g/mol. The summed E-state index contributed by atoms with van der Waals surface area (Å²) in [5.41, 5.74) is 8.12. The van der Waals surface area contributed by atoms with Crippen molar-refractivity contribution in [3.05, 3.63) is 35.5 Å². The number of pyridine rings is 1. The molecule has 1 saturated heterocycles. The first kappa shape index (κ1) is 26.8. The Morgan fingerprint density at radius 1 is 1.25 bits per heavy atom. The molecular formula is C29H43N3O4. The average molecular weight is 498 g/mol. The van der Waals surface area contributed by atoms with Crippen molar-refractivity contribution in [1.29, 1.82) is 0 Å². The van der Waals surface area contributed by atoms with Crippen LogP contribution in [0.3, 0.4) is 0 Å². The van der Waals surface area contributed by atoms with Crippen molar-refractivity contribution in [3.63, 3.8) is 0 Å². The number of carboxylic acids is 1. The van der Waals surface area contributed by atoms with E-state index in [1.807, 2.05) is 18.2 Å². The van der Waals surface area contributed by atoms with E-state index in [2.05, 4.69) is 9.88 Å². The van der Waals surface area contributed by atoms with Crippen LogP contribution in [0.15, 0.2) is 24.4 Å². The van der Waals surface area contributed by atoms with Crippen LogP contribution in [-0.4, -0.2) is 52.8 Å². The minimum absolute atomic E-state index is 0.158. The number of likely N-dealkylation sites (tertiary alicyclic amines) is 1. The third-order valence-electron chi connectivity index (χ3n) is 8.72. The molecule has 1 saturated carbocycles. The Bertz CT molecular complexity index is 1010. The topological polar surface area (TPSA) is 109 Å². The summed E-state index contributed by atoms with van der Waals surface area (Å²) in [4.78, 5) is 18.9. The molecule has 1 aliphatic heterocycles. The molecule has 1 aliphatic carbocycles. The van der Waals surface area contributed by atoms with Gasteiger partial charge in [0, 0.05) is 18.1 Å². The molecule has 1 atom stereocenters. The first-order chi connectivity index (χ1) is 17.4. The number of nitrogens with two attached hydrogens (primary N) is 1. The fraction of sp³-hybridized carbons (Fsp3) is 0.655. The summed E-state index contributed by atoms with van der Waals surface area (Å²) in [6.07, 6.45) is 12.2. The smallest absolute Gasteiger partial charge is 0.303 e. The highest BCUT2D eigenvalue weighted by Crippen LogP contribution is 2.42. The van der Waals surface area contributed by atoms with Crippen molar-refractivity contribution in [3.8, 4) is 5.75 Å². The van der Waals surface area contributed by atoms with Crippen LogP contribution in [-0.2, 0) is 11.3 Å². The van der Waals surface area contributed by atoms with E-state index >= 15 is 0 Å². The predicted molar refractivity (Wildman–Crippen MR) is 142 cm³/mol. The van der Waals surface area contributed by atoms with E-state index in [1.54, 1.807) is 13.3 Å². The van der Waals surface area contributed by atoms with Gasteiger partial charge in [0.1, 0.15) is 5.75 Å². The van der Waals surface area contributed by atoms with Crippen molar-refractivity contribution in [2.45, 2.75) is 83.3 Å². The Kier molecular flexibility index (Phi) is 9.20. The fourth-order valence-corrected chi connectivity index (χ4v) is 6.43. The van der Waals surface area contributed by atoms with Crippen molar-refractivity contribution in [1.82, 2.24) is 9.88 Å². The van der Waals surface area contributed by atoms with Crippen LogP contribution < -0.4 is 10.5 Å². The molecule has 4 N–H and O–H groups in total. The second-order valence-corrected chi connectivity index (χ2v) is 11.0. The van der Waals surface area contributed by atoms with Gasteiger partial charge in [0.05, 0.1) is 25.2 Å². The summed E-state index contributed by atoms with van der Waals surface area (Å²) in [6, 6.07) is 5.65. The number of carboxylic acid groups (broad SMARTS) is 1. The number of nitrogens with zero attached hydrogens (tertiary/aromatic N) is 2. The van der Waals surface area contributed by atoms with Crippen LogP contribution in [0.5, 0.6) is 5.75 Å². The number of hydrogen-bond acceptors (Lipinski definition) is 6. The first-order valence-electron chi connectivity index (χ1n) is 13.7. The monoisotopic (exact) mass is 497 g/mol. The summed E-state index contributed by atoms with van der Waals surface area (Å²) in [7, 11) is 1.62. The number of hydrogen-bond donors (Lipinski definition) is 3. The minimum atomic E-state index is -0.748. The lowest BCUT2D eigenvalue weighted by Crippen LogP contribution is -2.42. The maximum Gasteiger partial charge on any atom is 0.303 e. The van der Waals surface area contributed by atoms with Crippen LogP contribution in [0, 0.1) is 11.3 Å². The van der Waals surface area contributed by atoms with Crippen molar-refractivity contribution >= 4 is 16.9 Å². The molecule has 198 valence electrons. The third kappa shape index (κ3) is 6.55. The van der Waals surface area contributed by atoms with Gasteiger partial charge in [0.2, 0.25) is 0 Å². The highest BCUT2D eigenvalue weighted by Gasteiger charge is 2.37. The second-order valence-electron chi connectivity index (χ2n) is 11.0. The van der Waals surface area contributed by atoms with Gasteiger partial charge >= 0.3 is 5.97 Å². The number of aromatic nitrogens is 1. The van der Waals surface area contributed by atoms with Gasteiger partial charge in [0.15, 0.2) is 0 Å². The lowest BCUT2D eigenvalue weighted by molar-refractivity contribution is -0.141. The van der Waals surface area contributed by atoms with E-state index in [0.717, 1.165) is 60.4 Å². The highest BCUT2D eigenvalue weighted by atomic mass is 16.5. The molecule has 7 heteroatoms. The van der Waals surface area contributed by atoms with Crippen molar-refractivity contribution < 1.29 is 19.7 Å². The highest BCUT2D eigenvalue weighted by molar-refractivity contribution is 5.85. The fourth-order valence-electron chi connectivity index (χ4n) is 6.43. The van der Waals surface area contributed by atoms with Crippen LogP contribution in [0.1, 0.15) is 87.9 Å². The maximum atomic E-state index is 11.8. The van der Waals surface area contributed by atoms with Gasteiger partial charge in [0.25, 0.3) is 0 Å². The van der Waals surface area contributed by atoms with E-state index in [4.69, 9.17) is 10.5 Å². The number of aliphatic hydroxyl groups excluding tert-OH is 1. The van der Waals surface area contributed by atoms with Gasteiger partial charge in [-0.1, -0.05) is 32.1 Å². The summed E-state index contributed by atoms with van der Waals surface area (Å²) in [6.45, 7) is 3.29. The largest absolute Gasteiger partial charge is 0.497 e. The third-order valence-corrected chi connectivity index (χ3v) is 8.72. The molecule has 0 amide bonds. The SMILES string of the molecule is COc1ccc2ncc(CN)c(C(O)CCC3(CC(=O)O)CCN(CCC4CCCCC4)CC3)c2c1. The maximum absolute atomic E-state index is 11.8.